The molecule has 4 nitrogen and oxygen atoms in total. The summed E-state index contributed by atoms with van der Waals surface area (Å²) >= 11 is 0. The number of hydrogen-bond donors (Lipinski definition) is 0. The molecule has 0 saturated carbocycles. The van der Waals surface area contributed by atoms with E-state index in [1.807, 2.05) is 6.92 Å². The molecule has 0 unspecified atom stereocenters. The van der Waals surface area contributed by atoms with Crippen molar-refractivity contribution in [3.63, 3.8) is 0 Å². The first-order valence-corrected chi connectivity index (χ1v) is 5.09. The standard InChI is InChI=1S/C10H19NO3/c1-4-9-7-14-8(2)5-11(9)6-10(12)13-3/h8-9H,4-7H2,1-3H3/t8-,9+/m0/s1. The summed E-state index contributed by atoms with van der Waals surface area (Å²) in [4.78, 5) is 13.3. The molecule has 0 aromatic rings. The summed E-state index contributed by atoms with van der Waals surface area (Å²) in [5, 5.41) is 0. The van der Waals surface area contributed by atoms with Gasteiger partial charge in [-0.3, -0.25) is 9.69 Å². The Labute approximate surface area is 85.2 Å². The number of carbonyl (C=O) groups excluding carboxylic acids is 1. The van der Waals surface area contributed by atoms with Crippen LogP contribution in [0.3, 0.4) is 0 Å². The van der Waals surface area contributed by atoms with Gasteiger partial charge in [0.2, 0.25) is 0 Å². The zero-order valence-electron chi connectivity index (χ0n) is 9.16. The topological polar surface area (TPSA) is 38.8 Å². The Balaban J connectivity index is 2.48. The normalized spacial score (nSPS) is 28.8. The predicted molar refractivity (Wildman–Crippen MR) is 53.1 cm³/mol. The molecule has 14 heavy (non-hydrogen) atoms. The van der Waals surface area contributed by atoms with Gasteiger partial charge in [0.25, 0.3) is 0 Å². The highest BCUT2D eigenvalue weighted by atomic mass is 16.5. The summed E-state index contributed by atoms with van der Waals surface area (Å²) in [6, 6.07) is 0.352. The molecule has 0 aromatic carbocycles. The van der Waals surface area contributed by atoms with Gasteiger partial charge in [-0.2, -0.15) is 0 Å². The Morgan fingerprint density at radius 2 is 2.36 bits per heavy atom. The van der Waals surface area contributed by atoms with Crippen molar-refractivity contribution in [2.75, 3.05) is 26.8 Å². The second kappa shape index (κ2) is 5.32. The molecule has 0 N–H and O–H groups in total. The molecule has 1 aliphatic heterocycles. The number of morpholine rings is 1. The summed E-state index contributed by atoms with van der Waals surface area (Å²) in [5.41, 5.74) is 0. The zero-order valence-corrected chi connectivity index (χ0v) is 9.16. The van der Waals surface area contributed by atoms with Gasteiger partial charge < -0.3 is 9.47 Å². The third kappa shape index (κ3) is 2.96. The van der Waals surface area contributed by atoms with Crippen molar-refractivity contribution in [2.24, 2.45) is 0 Å². The van der Waals surface area contributed by atoms with E-state index in [1.165, 1.54) is 7.11 Å². The molecule has 1 aliphatic rings. The summed E-state index contributed by atoms with van der Waals surface area (Å²) in [5.74, 6) is -0.169. The van der Waals surface area contributed by atoms with Gasteiger partial charge in [-0.1, -0.05) is 6.92 Å². The van der Waals surface area contributed by atoms with Crippen molar-refractivity contribution in [1.29, 1.82) is 0 Å². The van der Waals surface area contributed by atoms with Crippen molar-refractivity contribution in [3.8, 4) is 0 Å². The van der Waals surface area contributed by atoms with E-state index in [0.717, 1.165) is 13.0 Å². The van der Waals surface area contributed by atoms with Crippen LogP contribution in [0.1, 0.15) is 20.3 Å². The number of esters is 1. The van der Waals surface area contributed by atoms with E-state index in [1.54, 1.807) is 0 Å². The smallest absolute Gasteiger partial charge is 0.319 e. The lowest BCUT2D eigenvalue weighted by atomic mass is 10.1. The van der Waals surface area contributed by atoms with Crippen molar-refractivity contribution in [1.82, 2.24) is 4.90 Å². The minimum absolute atomic E-state index is 0.169. The molecule has 0 bridgehead atoms. The predicted octanol–water partition coefficient (Wildman–Crippen LogP) is 0.659. The third-order valence-electron chi connectivity index (χ3n) is 2.61. The van der Waals surface area contributed by atoms with Crippen molar-refractivity contribution in [2.45, 2.75) is 32.4 Å². The van der Waals surface area contributed by atoms with Gasteiger partial charge in [0.1, 0.15) is 0 Å². The van der Waals surface area contributed by atoms with Gasteiger partial charge >= 0.3 is 5.97 Å². The average molecular weight is 201 g/mol. The molecule has 0 aromatic heterocycles. The third-order valence-corrected chi connectivity index (χ3v) is 2.61. The lowest BCUT2D eigenvalue weighted by molar-refractivity contribution is -0.145. The lowest BCUT2D eigenvalue weighted by Crippen LogP contribution is -2.50. The molecule has 1 heterocycles. The maximum Gasteiger partial charge on any atom is 0.319 e. The highest BCUT2D eigenvalue weighted by Crippen LogP contribution is 2.13. The van der Waals surface area contributed by atoms with Crippen LogP contribution in [-0.4, -0.2) is 49.8 Å². The van der Waals surface area contributed by atoms with Gasteiger partial charge in [-0.15, -0.1) is 0 Å². The molecule has 0 spiro atoms. The largest absolute Gasteiger partial charge is 0.468 e. The first kappa shape index (κ1) is 11.5. The van der Waals surface area contributed by atoms with Gasteiger partial charge in [0, 0.05) is 12.6 Å². The Bertz CT molecular complexity index is 196. The van der Waals surface area contributed by atoms with Gasteiger partial charge in [-0.25, -0.2) is 0 Å². The summed E-state index contributed by atoms with van der Waals surface area (Å²) in [6.45, 7) is 6.04. The Hall–Kier alpha value is -0.610. The average Bonchev–Trinajstić information content (AvgIpc) is 2.18. The van der Waals surface area contributed by atoms with E-state index in [-0.39, 0.29) is 12.1 Å². The lowest BCUT2D eigenvalue weighted by Gasteiger charge is -2.37. The second-order valence-electron chi connectivity index (χ2n) is 3.71. The van der Waals surface area contributed by atoms with Gasteiger partial charge in [-0.05, 0) is 13.3 Å². The molecule has 0 aliphatic carbocycles. The van der Waals surface area contributed by atoms with Crippen LogP contribution < -0.4 is 0 Å². The van der Waals surface area contributed by atoms with Crippen LogP contribution in [0, 0.1) is 0 Å². The molecular formula is C10H19NO3. The first-order valence-electron chi connectivity index (χ1n) is 5.09. The quantitative estimate of drug-likeness (QED) is 0.629. The number of hydrogen-bond acceptors (Lipinski definition) is 4. The van der Waals surface area contributed by atoms with E-state index < -0.39 is 0 Å². The maximum absolute atomic E-state index is 11.1. The van der Waals surface area contributed by atoms with Crippen LogP contribution in [0.2, 0.25) is 0 Å². The molecule has 2 atom stereocenters. The molecule has 0 amide bonds. The number of carbonyl (C=O) groups is 1. The highest BCUT2D eigenvalue weighted by Gasteiger charge is 2.26. The second-order valence-corrected chi connectivity index (χ2v) is 3.71. The summed E-state index contributed by atoms with van der Waals surface area (Å²) < 4.78 is 10.2. The fourth-order valence-electron chi connectivity index (χ4n) is 1.71. The highest BCUT2D eigenvalue weighted by molar-refractivity contribution is 5.71. The van der Waals surface area contributed by atoms with E-state index in [9.17, 15) is 4.79 Å². The SMILES string of the molecule is CC[C@@H]1CO[C@@H](C)CN1CC(=O)OC. The van der Waals surface area contributed by atoms with E-state index in [0.29, 0.717) is 19.2 Å². The van der Waals surface area contributed by atoms with Crippen LogP contribution in [0.4, 0.5) is 0 Å². The number of nitrogens with zero attached hydrogens (tertiary/aromatic N) is 1. The Morgan fingerprint density at radius 3 is 2.93 bits per heavy atom. The van der Waals surface area contributed by atoms with Gasteiger partial charge in [0.15, 0.2) is 0 Å². The number of rotatable bonds is 3. The minimum Gasteiger partial charge on any atom is -0.468 e. The molecule has 1 rings (SSSR count). The van der Waals surface area contributed by atoms with Crippen LogP contribution in [-0.2, 0) is 14.3 Å². The van der Waals surface area contributed by atoms with Crippen molar-refractivity contribution in [3.05, 3.63) is 0 Å². The molecule has 4 heteroatoms. The van der Waals surface area contributed by atoms with Crippen LogP contribution in [0.15, 0.2) is 0 Å². The van der Waals surface area contributed by atoms with E-state index in [4.69, 9.17) is 4.74 Å². The molecule has 0 radical (unpaired) electrons. The van der Waals surface area contributed by atoms with Crippen molar-refractivity contribution < 1.29 is 14.3 Å². The van der Waals surface area contributed by atoms with Gasteiger partial charge in [0.05, 0.1) is 26.4 Å². The number of methoxy groups -OCH3 is 1. The summed E-state index contributed by atoms with van der Waals surface area (Å²) in [6.07, 6.45) is 1.21. The monoisotopic (exact) mass is 201 g/mol. The fourth-order valence-corrected chi connectivity index (χ4v) is 1.71. The fraction of sp³-hybridized carbons (Fsp3) is 0.900. The minimum atomic E-state index is -0.169. The van der Waals surface area contributed by atoms with Crippen LogP contribution in [0.5, 0.6) is 0 Å². The van der Waals surface area contributed by atoms with E-state index >= 15 is 0 Å². The molecule has 1 fully saturated rings. The number of ether oxygens (including phenoxy) is 2. The van der Waals surface area contributed by atoms with Crippen molar-refractivity contribution >= 4 is 5.97 Å². The molecule has 1 saturated heterocycles. The Morgan fingerprint density at radius 1 is 1.64 bits per heavy atom. The Kier molecular flexibility index (Phi) is 4.35. The summed E-state index contributed by atoms with van der Waals surface area (Å²) in [7, 11) is 1.42. The zero-order chi connectivity index (χ0) is 10.6. The maximum atomic E-state index is 11.1. The van der Waals surface area contributed by atoms with Crippen LogP contribution in [0.25, 0.3) is 0 Å². The molecular weight excluding hydrogens is 182 g/mol. The molecule has 82 valence electrons. The first-order chi connectivity index (χ1) is 6.67. The van der Waals surface area contributed by atoms with Crippen LogP contribution >= 0.6 is 0 Å². The van der Waals surface area contributed by atoms with E-state index in [2.05, 4.69) is 16.6 Å².